The Balaban J connectivity index is 2.22. The minimum Gasteiger partial charge on any atom is -0.351 e. The van der Waals surface area contributed by atoms with Gasteiger partial charge < -0.3 is 9.47 Å². The zero-order valence-corrected chi connectivity index (χ0v) is 11.6. The van der Waals surface area contributed by atoms with E-state index in [2.05, 4.69) is 36.2 Å². The second kappa shape index (κ2) is 5.69. The first-order chi connectivity index (χ1) is 9.11. The molecule has 0 saturated heterocycles. The van der Waals surface area contributed by atoms with Crippen LogP contribution in [0.4, 0.5) is 5.82 Å². The molecule has 0 fully saturated rings. The molecule has 1 aromatic heterocycles. The number of benzene rings is 1. The summed E-state index contributed by atoms with van der Waals surface area (Å²) in [6, 6.07) is 8.30. The molecule has 1 aromatic carbocycles. The Labute approximate surface area is 113 Å². The van der Waals surface area contributed by atoms with E-state index in [4.69, 9.17) is 0 Å². The molecule has 2 aromatic rings. The van der Waals surface area contributed by atoms with Gasteiger partial charge in [-0.25, -0.2) is 4.98 Å². The number of hydrogen-bond acceptors (Lipinski definition) is 3. The Bertz CT molecular complexity index is 602. The van der Waals surface area contributed by atoms with E-state index in [0.29, 0.717) is 18.9 Å². The topological polar surface area (TPSA) is 38.1 Å². The molecule has 19 heavy (non-hydrogen) atoms. The van der Waals surface area contributed by atoms with Gasteiger partial charge in [0, 0.05) is 32.5 Å². The minimum absolute atomic E-state index is 0.0420. The standard InChI is InChI=1S/C15H19N3O/c1-4-18-10-9-16-14(15(18)19)17(3)11-13-7-5-12(2)6-8-13/h5-10H,4,11H2,1-3H3. The Hall–Kier alpha value is -2.10. The maximum absolute atomic E-state index is 12.1. The van der Waals surface area contributed by atoms with Gasteiger partial charge in [-0.1, -0.05) is 29.8 Å². The number of anilines is 1. The van der Waals surface area contributed by atoms with E-state index in [9.17, 15) is 4.79 Å². The molecule has 0 aliphatic heterocycles. The Morgan fingerprint density at radius 3 is 2.58 bits per heavy atom. The predicted octanol–water partition coefficient (Wildman–Crippen LogP) is 2.21. The summed E-state index contributed by atoms with van der Waals surface area (Å²) in [5, 5.41) is 0. The van der Waals surface area contributed by atoms with Crippen LogP contribution >= 0.6 is 0 Å². The first kappa shape index (κ1) is 13.3. The normalized spacial score (nSPS) is 10.5. The molecule has 4 nitrogen and oxygen atoms in total. The van der Waals surface area contributed by atoms with Crippen LogP contribution in [0.25, 0.3) is 0 Å². The highest BCUT2D eigenvalue weighted by Gasteiger charge is 2.09. The fraction of sp³-hybridized carbons (Fsp3) is 0.333. The molecule has 0 spiro atoms. The van der Waals surface area contributed by atoms with Crippen molar-refractivity contribution in [3.8, 4) is 0 Å². The van der Waals surface area contributed by atoms with Crippen LogP contribution in [0.5, 0.6) is 0 Å². The molecule has 1 heterocycles. The van der Waals surface area contributed by atoms with Gasteiger partial charge in [-0.05, 0) is 19.4 Å². The van der Waals surface area contributed by atoms with Crippen LogP contribution in [0, 0.1) is 6.92 Å². The third-order valence-electron chi connectivity index (χ3n) is 3.14. The lowest BCUT2D eigenvalue weighted by Crippen LogP contribution is -2.29. The van der Waals surface area contributed by atoms with Gasteiger partial charge in [-0.15, -0.1) is 0 Å². The van der Waals surface area contributed by atoms with E-state index in [1.54, 1.807) is 17.0 Å². The Morgan fingerprint density at radius 1 is 1.26 bits per heavy atom. The van der Waals surface area contributed by atoms with Gasteiger partial charge >= 0.3 is 0 Å². The summed E-state index contributed by atoms with van der Waals surface area (Å²) in [7, 11) is 1.89. The predicted molar refractivity (Wildman–Crippen MR) is 77.5 cm³/mol. The second-order valence-corrected chi connectivity index (χ2v) is 4.68. The van der Waals surface area contributed by atoms with Gasteiger partial charge in [0.05, 0.1) is 0 Å². The van der Waals surface area contributed by atoms with Crippen LogP contribution in [0.3, 0.4) is 0 Å². The Morgan fingerprint density at radius 2 is 1.95 bits per heavy atom. The van der Waals surface area contributed by atoms with Crippen LogP contribution in [0.2, 0.25) is 0 Å². The largest absolute Gasteiger partial charge is 0.351 e. The van der Waals surface area contributed by atoms with Crippen molar-refractivity contribution in [2.45, 2.75) is 26.9 Å². The molecule has 0 N–H and O–H groups in total. The molecule has 0 unspecified atom stereocenters. The molecule has 0 atom stereocenters. The van der Waals surface area contributed by atoms with E-state index >= 15 is 0 Å². The van der Waals surface area contributed by atoms with Crippen molar-refractivity contribution in [3.05, 3.63) is 58.1 Å². The number of hydrogen-bond donors (Lipinski definition) is 0. The SMILES string of the molecule is CCn1ccnc(N(C)Cc2ccc(C)cc2)c1=O. The third kappa shape index (κ3) is 3.02. The summed E-state index contributed by atoms with van der Waals surface area (Å²) in [5.74, 6) is 0.491. The first-order valence-corrected chi connectivity index (χ1v) is 6.44. The molecule has 0 saturated carbocycles. The maximum atomic E-state index is 12.1. The van der Waals surface area contributed by atoms with E-state index in [0.717, 1.165) is 0 Å². The second-order valence-electron chi connectivity index (χ2n) is 4.68. The summed E-state index contributed by atoms with van der Waals surface area (Å²) in [5.41, 5.74) is 2.36. The minimum atomic E-state index is -0.0420. The fourth-order valence-electron chi connectivity index (χ4n) is 1.99. The average Bonchev–Trinajstić information content (AvgIpc) is 2.41. The molecule has 0 aliphatic rings. The maximum Gasteiger partial charge on any atom is 0.293 e. The Kier molecular flexibility index (Phi) is 4.00. The lowest BCUT2D eigenvalue weighted by atomic mass is 10.1. The highest BCUT2D eigenvalue weighted by Crippen LogP contribution is 2.09. The smallest absolute Gasteiger partial charge is 0.293 e. The summed E-state index contributed by atoms with van der Waals surface area (Å²) in [6.45, 7) is 5.35. The van der Waals surface area contributed by atoms with Crippen molar-refractivity contribution in [1.29, 1.82) is 0 Å². The van der Waals surface area contributed by atoms with Crippen LogP contribution < -0.4 is 10.5 Å². The van der Waals surface area contributed by atoms with Crippen molar-refractivity contribution < 1.29 is 0 Å². The highest BCUT2D eigenvalue weighted by atomic mass is 16.1. The lowest BCUT2D eigenvalue weighted by molar-refractivity contribution is 0.708. The van der Waals surface area contributed by atoms with E-state index in [-0.39, 0.29) is 5.56 Å². The van der Waals surface area contributed by atoms with Crippen molar-refractivity contribution in [2.75, 3.05) is 11.9 Å². The van der Waals surface area contributed by atoms with Crippen LogP contribution in [0.15, 0.2) is 41.5 Å². The number of aromatic nitrogens is 2. The molecule has 0 amide bonds. The number of aryl methyl sites for hydroxylation is 2. The van der Waals surface area contributed by atoms with Crippen molar-refractivity contribution in [2.24, 2.45) is 0 Å². The van der Waals surface area contributed by atoms with Gasteiger partial charge in [0.25, 0.3) is 5.56 Å². The number of nitrogens with zero attached hydrogens (tertiary/aromatic N) is 3. The summed E-state index contributed by atoms with van der Waals surface area (Å²) in [4.78, 5) is 18.2. The molecule has 4 heteroatoms. The van der Waals surface area contributed by atoms with Crippen LogP contribution in [-0.4, -0.2) is 16.6 Å². The first-order valence-electron chi connectivity index (χ1n) is 6.44. The van der Waals surface area contributed by atoms with Crippen LogP contribution in [-0.2, 0) is 13.1 Å². The lowest BCUT2D eigenvalue weighted by Gasteiger charge is -2.18. The molecule has 0 aliphatic carbocycles. The highest BCUT2D eigenvalue weighted by molar-refractivity contribution is 5.36. The third-order valence-corrected chi connectivity index (χ3v) is 3.14. The average molecular weight is 257 g/mol. The zero-order chi connectivity index (χ0) is 13.8. The van der Waals surface area contributed by atoms with Crippen molar-refractivity contribution in [3.63, 3.8) is 0 Å². The molecule has 0 bridgehead atoms. The summed E-state index contributed by atoms with van der Waals surface area (Å²) >= 11 is 0. The van der Waals surface area contributed by atoms with Crippen molar-refractivity contribution in [1.82, 2.24) is 9.55 Å². The molecular weight excluding hydrogens is 238 g/mol. The van der Waals surface area contributed by atoms with Crippen LogP contribution in [0.1, 0.15) is 18.1 Å². The van der Waals surface area contributed by atoms with Gasteiger partial charge in [-0.3, -0.25) is 4.79 Å². The summed E-state index contributed by atoms with van der Waals surface area (Å²) in [6.07, 6.45) is 3.39. The van der Waals surface area contributed by atoms with E-state index in [1.165, 1.54) is 11.1 Å². The molecule has 100 valence electrons. The van der Waals surface area contributed by atoms with Crippen molar-refractivity contribution >= 4 is 5.82 Å². The molecule has 0 radical (unpaired) electrons. The number of rotatable bonds is 4. The van der Waals surface area contributed by atoms with E-state index in [1.807, 2.05) is 18.9 Å². The van der Waals surface area contributed by atoms with Gasteiger partial charge in [0.1, 0.15) is 0 Å². The summed E-state index contributed by atoms with van der Waals surface area (Å²) < 4.78 is 1.66. The fourth-order valence-corrected chi connectivity index (χ4v) is 1.99. The quantitative estimate of drug-likeness (QED) is 0.843. The van der Waals surface area contributed by atoms with E-state index < -0.39 is 0 Å². The molecular formula is C15H19N3O. The molecule has 2 rings (SSSR count). The monoisotopic (exact) mass is 257 g/mol. The van der Waals surface area contributed by atoms with Gasteiger partial charge in [0.15, 0.2) is 5.82 Å². The zero-order valence-electron chi connectivity index (χ0n) is 11.6. The van der Waals surface area contributed by atoms with Gasteiger partial charge in [-0.2, -0.15) is 0 Å². The van der Waals surface area contributed by atoms with Gasteiger partial charge in [0.2, 0.25) is 0 Å².